The van der Waals surface area contributed by atoms with E-state index in [2.05, 4.69) is 14.7 Å². The summed E-state index contributed by atoms with van der Waals surface area (Å²) >= 11 is 0. The highest BCUT2D eigenvalue weighted by molar-refractivity contribution is 7.89. The minimum absolute atomic E-state index is 0.00360. The molecule has 1 aromatic carbocycles. The van der Waals surface area contributed by atoms with E-state index in [0.29, 0.717) is 5.82 Å². The number of sulfonamides is 1. The van der Waals surface area contributed by atoms with Crippen molar-refractivity contribution in [2.24, 2.45) is 5.73 Å². The molecule has 0 fully saturated rings. The van der Waals surface area contributed by atoms with Crippen LogP contribution in [0.1, 0.15) is 21.9 Å². The third-order valence-corrected chi connectivity index (χ3v) is 4.49. The molecule has 9 heteroatoms. The molecule has 0 atom stereocenters. The number of benzene rings is 1. The van der Waals surface area contributed by atoms with Gasteiger partial charge in [0.05, 0.1) is 4.90 Å². The van der Waals surface area contributed by atoms with E-state index < -0.39 is 15.9 Å². The molecule has 2 rings (SSSR count). The third kappa shape index (κ3) is 3.62. The van der Waals surface area contributed by atoms with Crippen LogP contribution >= 0.6 is 0 Å². The first-order chi connectivity index (χ1) is 10.3. The fraction of sp³-hybridized carbons (Fsp3) is 0.231. The predicted molar refractivity (Wildman–Crippen MR) is 81.6 cm³/mol. The second-order valence-electron chi connectivity index (χ2n) is 4.77. The molecule has 0 aliphatic rings. The summed E-state index contributed by atoms with van der Waals surface area (Å²) in [6, 6.07) is 6.52. The van der Waals surface area contributed by atoms with Crippen LogP contribution in [0.15, 0.2) is 29.2 Å². The number of imidazole rings is 1. The fourth-order valence-corrected chi connectivity index (χ4v) is 2.88. The van der Waals surface area contributed by atoms with Gasteiger partial charge in [-0.3, -0.25) is 4.79 Å². The van der Waals surface area contributed by atoms with Gasteiger partial charge in [-0.25, -0.2) is 18.1 Å². The Morgan fingerprint density at radius 3 is 2.50 bits per heavy atom. The van der Waals surface area contributed by atoms with Crippen LogP contribution in [0.25, 0.3) is 0 Å². The second-order valence-corrected chi connectivity index (χ2v) is 6.54. The van der Waals surface area contributed by atoms with Gasteiger partial charge < -0.3 is 16.5 Å². The molecule has 118 valence electrons. The van der Waals surface area contributed by atoms with Crippen LogP contribution in [0.5, 0.6) is 0 Å². The van der Waals surface area contributed by atoms with Crippen LogP contribution in [0.3, 0.4) is 0 Å². The number of carbonyl (C=O) groups is 1. The molecule has 0 unspecified atom stereocenters. The highest BCUT2D eigenvalue weighted by atomic mass is 32.2. The maximum atomic E-state index is 12.1. The number of primary amides is 1. The number of rotatable bonds is 6. The lowest BCUT2D eigenvalue weighted by Crippen LogP contribution is -2.26. The van der Waals surface area contributed by atoms with Crippen LogP contribution < -0.4 is 16.2 Å². The van der Waals surface area contributed by atoms with Crippen LogP contribution in [0, 0.1) is 6.92 Å². The lowest BCUT2D eigenvalue weighted by atomic mass is 10.2. The summed E-state index contributed by atoms with van der Waals surface area (Å²) in [5.41, 5.74) is 11.6. The minimum Gasteiger partial charge on any atom is -0.382 e. The van der Waals surface area contributed by atoms with Crippen molar-refractivity contribution < 1.29 is 13.2 Å². The molecule has 0 saturated carbocycles. The number of H-pyrrole nitrogens is 1. The lowest BCUT2D eigenvalue weighted by Gasteiger charge is -2.06. The second kappa shape index (κ2) is 6.16. The first-order valence-electron chi connectivity index (χ1n) is 6.50. The Balaban J connectivity index is 1.99. The van der Waals surface area contributed by atoms with Crippen molar-refractivity contribution in [2.45, 2.75) is 18.2 Å². The molecule has 1 heterocycles. The first kappa shape index (κ1) is 16.0. The van der Waals surface area contributed by atoms with Crippen molar-refractivity contribution in [2.75, 3.05) is 12.3 Å². The van der Waals surface area contributed by atoms with E-state index in [-0.39, 0.29) is 29.4 Å². The van der Waals surface area contributed by atoms with Crippen molar-refractivity contribution in [3.8, 4) is 0 Å². The maximum Gasteiger partial charge on any atom is 0.269 e. The number of aromatic amines is 1. The quantitative estimate of drug-likeness (QED) is 0.587. The molecule has 22 heavy (non-hydrogen) atoms. The van der Waals surface area contributed by atoms with E-state index >= 15 is 0 Å². The summed E-state index contributed by atoms with van der Waals surface area (Å²) in [5, 5.41) is 0. The smallest absolute Gasteiger partial charge is 0.269 e. The topological polar surface area (TPSA) is 144 Å². The summed E-state index contributed by atoms with van der Waals surface area (Å²) in [6.07, 6.45) is 0.253. The molecule has 0 aliphatic heterocycles. The fourth-order valence-electron chi connectivity index (χ4n) is 1.85. The summed E-state index contributed by atoms with van der Waals surface area (Å²) < 4.78 is 26.6. The number of amides is 1. The number of anilines is 1. The summed E-state index contributed by atoms with van der Waals surface area (Å²) in [5.74, 6) is -0.321. The highest BCUT2D eigenvalue weighted by Gasteiger charge is 2.15. The molecule has 2 aromatic rings. The van der Waals surface area contributed by atoms with E-state index in [0.717, 1.165) is 5.56 Å². The summed E-state index contributed by atoms with van der Waals surface area (Å²) in [4.78, 5) is 17.8. The number of hydrogen-bond donors (Lipinski definition) is 4. The van der Waals surface area contributed by atoms with Crippen molar-refractivity contribution in [3.63, 3.8) is 0 Å². The van der Waals surface area contributed by atoms with Gasteiger partial charge in [0, 0.05) is 13.0 Å². The van der Waals surface area contributed by atoms with Gasteiger partial charge >= 0.3 is 0 Å². The Kier molecular flexibility index (Phi) is 4.48. The minimum atomic E-state index is -3.58. The molecule has 0 spiro atoms. The average Bonchev–Trinajstić information content (AvgIpc) is 2.80. The van der Waals surface area contributed by atoms with Crippen LogP contribution in [-0.2, 0) is 16.4 Å². The van der Waals surface area contributed by atoms with Crippen molar-refractivity contribution in [3.05, 3.63) is 41.3 Å². The molecular formula is C13H17N5O3S. The first-order valence-corrected chi connectivity index (χ1v) is 7.98. The number of aryl methyl sites for hydroxylation is 1. The number of nitrogens with one attached hydrogen (secondary N) is 2. The van der Waals surface area contributed by atoms with Gasteiger partial charge in [-0.2, -0.15) is 0 Å². The van der Waals surface area contributed by atoms with Gasteiger partial charge in [0.25, 0.3) is 5.91 Å². The maximum absolute atomic E-state index is 12.1. The Labute approximate surface area is 128 Å². The van der Waals surface area contributed by atoms with E-state index in [1.807, 2.05) is 6.92 Å². The zero-order chi connectivity index (χ0) is 16.3. The normalized spacial score (nSPS) is 11.5. The lowest BCUT2D eigenvalue weighted by molar-refractivity contribution is 0.0997. The van der Waals surface area contributed by atoms with E-state index in [4.69, 9.17) is 11.5 Å². The van der Waals surface area contributed by atoms with Gasteiger partial charge in [-0.15, -0.1) is 0 Å². The molecule has 0 radical (unpaired) electrons. The number of aromatic nitrogens is 2. The molecule has 8 nitrogen and oxygen atoms in total. The standard InChI is InChI=1S/C13H17N5O3S/c1-8-2-4-9(5-3-8)22(20,21)16-7-6-10-17-11(13(15)19)12(14)18-10/h2-5,16H,6-7,14H2,1H3,(H2,15,19)(H,17,18). The molecule has 1 amide bonds. The Hall–Kier alpha value is -2.39. The van der Waals surface area contributed by atoms with Crippen molar-refractivity contribution in [1.29, 1.82) is 0 Å². The van der Waals surface area contributed by atoms with Crippen LogP contribution in [0.4, 0.5) is 5.82 Å². The average molecular weight is 323 g/mol. The molecule has 1 aromatic heterocycles. The van der Waals surface area contributed by atoms with Gasteiger partial charge in [0.15, 0.2) is 5.82 Å². The van der Waals surface area contributed by atoms with Crippen LogP contribution in [-0.4, -0.2) is 30.8 Å². The number of hydrogen-bond acceptors (Lipinski definition) is 5. The third-order valence-electron chi connectivity index (χ3n) is 3.01. The zero-order valence-corrected chi connectivity index (χ0v) is 12.8. The highest BCUT2D eigenvalue weighted by Crippen LogP contribution is 2.10. The van der Waals surface area contributed by atoms with Gasteiger partial charge in [0.2, 0.25) is 10.0 Å². The number of nitrogens with zero attached hydrogens (tertiary/aromatic N) is 1. The van der Waals surface area contributed by atoms with E-state index in [1.165, 1.54) is 12.1 Å². The molecule has 0 aliphatic carbocycles. The van der Waals surface area contributed by atoms with Crippen molar-refractivity contribution in [1.82, 2.24) is 14.7 Å². The zero-order valence-electron chi connectivity index (χ0n) is 12.0. The molecule has 6 N–H and O–H groups in total. The molecule has 0 bridgehead atoms. The Morgan fingerprint density at radius 1 is 1.32 bits per heavy atom. The predicted octanol–water partition coefficient (Wildman–Crippen LogP) is -0.0798. The van der Waals surface area contributed by atoms with E-state index in [9.17, 15) is 13.2 Å². The summed E-state index contributed by atoms with van der Waals surface area (Å²) in [6.45, 7) is 1.99. The van der Waals surface area contributed by atoms with Crippen molar-refractivity contribution >= 4 is 21.7 Å². The Bertz CT molecular complexity index is 781. The molecule has 0 saturated heterocycles. The SMILES string of the molecule is Cc1ccc(S(=O)(=O)NCCc2nc(N)c(C(N)=O)[nH]2)cc1. The molecular weight excluding hydrogens is 306 g/mol. The van der Waals surface area contributed by atoms with Gasteiger partial charge in [-0.05, 0) is 19.1 Å². The van der Waals surface area contributed by atoms with E-state index in [1.54, 1.807) is 12.1 Å². The number of nitrogens with two attached hydrogens (primary N) is 2. The largest absolute Gasteiger partial charge is 0.382 e. The monoisotopic (exact) mass is 323 g/mol. The van der Waals surface area contributed by atoms with Crippen LogP contribution in [0.2, 0.25) is 0 Å². The summed E-state index contributed by atoms with van der Waals surface area (Å²) in [7, 11) is -3.58. The number of nitrogen functional groups attached to an aromatic ring is 1. The number of carbonyl (C=O) groups excluding carboxylic acids is 1. The van der Waals surface area contributed by atoms with Gasteiger partial charge in [0.1, 0.15) is 11.5 Å². The Morgan fingerprint density at radius 2 is 1.95 bits per heavy atom. The van der Waals surface area contributed by atoms with Gasteiger partial charge in [-0.1, -0.05) is 17.7 Å².